The first-order chi connectivity index (χ1) is 21.7. The molecule has 0 bridgehead atoms. The number of aryl methyl sites for hydroxylation is 1. The van der Waals surface area contributed by atoms with Gasteiger partial charge in [-0.1, -0.05) is 81.1 Å². The number of nitrogens with zero attached hydrogens (tertiary/aromatic N) is 2. The van der Waals surface area contributed by atoms with Crippen molar-refractivity contribution in [3.05, 3.63) is 48.0 Å². The Morgan fingerprint density at radius 2 is 1.89 bits per heavy atom. The lowest BCUT2D eigenvalue weighted by molar-refractivity contribution is -0.150. The fourth-order valence-corrected chi connectivity index (χ4v) is 7.65. The quantitative estimate of drug-likeness (QED) is 0.303. The summed E-state index contributed by atoms with van der Waals surface area (Å²) in [7, 11) is 1.29. The Morgan fingerprint density at radius 1 is 1.17 bits per heavy atom. The zero-order valence-corrected chi connectivity index (χ0v) is 28.2. The van der Waals surface area contributed by atoms with Crippen LogP contribution >= 0.6 is 0 Å². The van der Waals surface area contributed by atoms with Gasteiger partial charge in [0.05, 0.1) is 18.9 Å². The Morgan fingerprint density at radius 3 is 2.50 bits per heavy atom. The summed E-state index contributed by atoms with van der Waals surface area (Å²) in [5.41, 5.74) is -0.0799. The highest BCUT2D eigenvalue weighted by atomic mass is 16.7. The van der Waals surface area contributed by atoms with Crippen molar-refractivity contribution >= 4 is 29.4 Å². The first-order valence-corrected chi connectivity index (χ1v) is 16.7. The van der Waals surface area contributed by atoms with E-state index in [0.29, 0.717) is 25.2 Å². The third-order valence-corrected chi connectivity index (χ3v) is 10.6. The maximum Gasteiger partial charge on any atom is 0.332 e. The summed E-state index contributed by atoms with van der Waals surface area (Å²) in [6.07, 6.45) is 8.43. The highest BCUT2D eigenvalue weighted by Gasteiger charge is 2.64. The summed E-state index contributed by atoms with van der Waals surface area (Å²) in [5, 5.41) is 10.5. The predicted molar refractivity (Wildman–Crippen MR) is 175 cm³/mol. The molecule has 1 saturated heterocycles. The fourth-order valence-electron chi connectivity index (χ4n) is 7.65. The van der Waals surface area contributed by atoms with E-state index in [1.54, 1.807) is 11.0 Å². The molecule has 1 aromatic rings. The van der Waals surface area contributed by atoms with E-state index in [1.807, 2.05) is 58.9 Å². The number of hydrogen-bond acceptors (Lipinski definition) is 7. The van der Waals surface area contributed by atoms with Crippen molar-refractivity contribution in [2.24, 2.45) is 22.4 Å². The van der Waals surface area contributed by atoms with Crippen molar-refractivity contribution in [1.29, 1.82) is 0 Å². The largest absolute Gasteiger partial charge is 0.467 e. The molecule has 2 N–H and O–H groups in total. The number of hydrogen-bond donors (Lipinski definition) is 2. The summed E-state index contributed by atoms with van der Waals surface area (Å²) in [6.45, 7) is 13.4. The molecular formula is C36H50N4O6. The van der Waals surface area contributed by atoms with Gasteiger partial charge in [0.15, 0.2) is 5.60 Å². The Hall–Kier alpha value is -3.69. The molecule has 2 aliphatic heterocycles. The summed E-state index contributed by atoms with van der Waals surface area (Å²) < 4.78 is 5.05. The lowest BCUT2D eigenvalue weighted by atomic mass is 9.84. The van der Waals surface area contributed by atoms with Crippen LogP contribution in [-0.2, 0) is 28.8 Å². The number of likely N-dealkylation sites (tertiary alicyclic amines) is 1. The van der Waals surface area contributed by atoms with Gasteiger partial charge in [0, 0.05) is 25.2 Å². The molecule has 0 radical (unpaired) electrons. The number of esters is 1. The van der Waals surface area contributed by atoms with Gasteiger partial charge in [-0.2, -0.15) is 0 Å². The molecule has 2 saturated carbocycles. The standard InChI is InChI=1S/C36H50N4O6/c1-8-26-19-36(26,33(44)45-7)38-31(42)28-21-35(20-27(39-46-35)25-16-12-13-22(2)17-25)23(3)40(28)32(43)30(34(4,5)6)37-29(41)18-24-14-10-9-11-15-24/h8,12-13,16-17,23-24,26,28,30H,1,9-11,14-15,18-21H2,2-7H3,(H,37,41)(H,38,42)/t23?,26-,28+,30-,35-,36-/m1/s1. The average molecular weight is 635 g/mol. The molecule has 10 nitrogen and oxygen atoms in total. The van der Waals surface area contributed by atoms with Crippen molar-refractivity contribution in [1.82, 2.24) is 15.5 Å². The van der Waals surface area contributed by atoms with Gasteiger partial charge in [-0.25, -0.2) is 4.79 Å². The third-order valence-electron chi connectivity index (χ3n) is 10.6. The topological polar surface area (TPSA) is 126 Å². The zero-order valence-electron chi connectivity index (χ0n) is 28.2. The van der Waals surface area contributed by atoms with Gasteiger partial charge in [0.1, 0.15) is 17.6 Å². The van der Waals surface area contributed by atoms with Gasteiger partial charge in [-0.3, -0.25) is 14.4 Å². The van der Waals surface area contributed by atoms with Gasteiger partial charge < -0.3 is 25.1 Å². The number of ether oxygens (including phenoxy) is 1. The average Bonchev–Trinajstić information content (AvgIpc) is 3.42. The molecule has 5 rings (SSSR count). The smallest absolute Gasteiger partial charge is 0.332 e. The number of nitrogens with one attached hydrogen (secondary N) is 2. The van der Waals surface area contributed by atoms with Crippen molar-refractivity contribution in [3.63, 3.8) is 0 Å². The lowest BCUT2D eigenvalue weighted by Gasteiger charge is -2.38. The van der Waals surface area contributed by atoms with E-state index in [-0.39, 0.29) is 24.2 Å². The first-order valence-electron chi connectivity index (χ1n) is 16.7. The second kappa shape index (κ2) is 12.8. The second-order valence-corrected chi connectivity index (χ2v) is 15.0. The summed E-state index contributed by atoms with van der Waals surface area (Å²) in [4.78, 5) is 62.9. The monoisotopic (exact) mass is 634 g/mol. The molecule has 6 atom stereocenters. The van der Waals surface area contributed by atoms with E-state index < -0.39 is 46.6 Å². The minimum absolute atomic E-state index is 0.152. The second-order valence-electron chi connectivity index (χ2n) is 15.0. The molecule has 250 valence electrons. The number of rotatable bonds is 9. The maximum atomic E-state index is 14.7. The molecule has 1 unspecified atom stereocenters. The van der Waals surface area contributed by atoms with Crippen LogP contribution in [0.15, 0.2) is 42.1 Å². The number of methoxy groups -OCH3 is 1. The summed E-state index contributed by atoms with van der Waals surface area (Å²) >= 11 is 0. The Labute approximate surface area is 272 Å². The minimum atomic E-state index is -1.22. The van der Waals surface area contributed by atoms with Gasteiger partial charge >= 0.3 is 5.97 Å². The van der Waals surface area contributed by atoms with Crippen molar-refractivity contribution in [3.8, 4) is 0 Å². The number of amides is 3. The Balaban J connectivity index is 1.44. The van der Waals surface area contributed by atoms with E-state index in [9.17, 15) is 19.2 Å². The lowest BCUT2D eigenvalue weighted by Crippen LogP contribution is -2.61. The van der Waals surface area contributed by atoms with Gasteiger partial charge in [0.25, 0.3) is 0 Å². The van der Waals surface area contributed by atoms with Crippen molar-refractivity contribution in [2.75, 3.05) is 7.11 Å². The van der Waals surface area contributed by atoms with E-state index in [1.165, 1.54) is 13.5 Å². The molecule has 3 fully saturated rings. The molecule has 2 heterocycles. The summed E-state index contributed by atoms with van der Waals surface area (Å²) in [6, 6.07) is 5.56. The van der Waals surface area contributed by atoms with E-state index >= 15 is 0 Å². The van der Waals surface area contributed by atoms with E-state index in [2.05, 4.69) is 22.4 Å². The fraction of sp³-hybridized carbons (Fsp3) is 0.639. The van der Waals surface area contributed by atoms with Crippen LogP contribution in [0.1, 0.15) is 96.6 Å². The van der Waals surface area contributed by atoms with E-state index in [4.69, 9.17) is 9.57 Å². The highest BCUT2D eigenvalue weighted by Crippen LogP contribution is 2.48. The minimum Gasteiger partial charge on any atom is -0.467 e. The highest BCUT2D eigenvalue weighted by molar-refractivity contribution is 6.03. The number of benzene rings is 1. The molecule has 1 spiro atoms. The molecule has 3 amide bonds. The zero-order chi connectivity index (χ0) is 33.4. The van der Waals surface area contributed by atoms with Crippen LogP contribution in [0.5, 0.6) is 0 Å². The molecular weight excluding hydrogens is 584 g/mol. The van der Waals surface area contributed by atoms with Crippen LogP contribution in [0, 0.1) is 24.2 Å². The van der Waals surface area contributed by atoms with Crippen LogP contribution in [0.4, 0.5) is 0 Å². The molecule has 1 aromatic carbocycles. The Kier molecular flexibility index (Phi) is 9.40. The third kappa shape index (κ3) is 6.45. The van der Waals surface area contributed by atoms with E-state index in [0.717, 1.165) is 42.5 Å². The number of carbonyl (C=O) groups excluding carboxylic acids is 4. The first kappa shape index (κ1) is 33.7. The molecule has 46 heavy (non-hydrogen) atoms. The van der Waals surface area contributed by atoms with Gasteiger partial charge in [0.2, 0.25) is 17.7 Å². The number of carbonyl (C=O) groups is 4. The number of oxime groups is 1. The van der Waals surface area contributed by atoms with Crippen molar-refractivity contribution in [2.45, 2.75) is 122 Å². The van der Waals surface area contributed by atoms with Crippen LogP contribution in [0.2, 0.25) is 0 Å². The predicted octanol–water partition coefficient (Wildman–Crippen LogP) is 4.58. The maximum absolute atomic E-state index is 14.7. The SMILES string of the molecule is C=C[C@@H]1C[C@]1(NC(=O)[C@@H]1C[C@]2(CC(c3cccc(C)c3)=NO2)C(C)N1C(=O)[C@@H](NC(=O)CC1CCCCC1)C(C)(C)C)C(=O)OC. The Bertz CT molecular complexity index is 1410. The van der Waals surface area contributed by atoms with Crippen LogP contribution in [-0.4, -0.2) is 70.7 Å². The van der Waals surface area contributed by atoms with Gasteiger partial charge in [-0.05, 0) is 50.0 Å². The molecule has 0 aromatic heterocycles. The summed E-state index contributed by atoms with van der Waals surface area (Å²) in [5.74, 6) is -1.49. The molecule has 2 aliphatic carbocycles. The van der Waals surface area contributed by atoms with Crippen LogP contribution < -0.4 is 10.6 Å². The van der Waals surface area contributed by atoms with Crippen LogP contribution in [0.3, 0.4) is 0 Å². The van der Waals surface area contributed by atoms with Crippen LogP contribution in [0.25, 0.3) is 0 Å². The molecule has 10 heteroatoms. The molecule has 4 aliphatic rings. The van der Waals surface area contributed by atoms with Crippen molar-refractivity contribution < 1.29 is 28.8 Å². The van der Waals surface area contributed by atoms with Gasteiger partial charge in [-0.15, -0.1) is 6.58 Å². The normalized spacial score (nSPS) is 29.8.